The summed E-state index contributed by atoms with van der Waals surface area (Å²) in [5.41, 5.74) is 0. The summed E-state index contributed by atoms with van der Waals surface area (Å²) in [4.78, 5) is 0. The lowest BCUT2D eigenvalue weighted by Crippen LogP contribution is -2.04. The van der Waals surface area contributed by atoms with E-state index in [1.54, 1.807) is 0 Å². The van der Waals surface area contributed by atoms with Crippen molar-refractivity contribution >= 4 is 0 Å². The van der Waals surface area contributed by atoms with Crippen molar-refractivity contribution in [2.75, 3.05) is 13.3 Å². The van der Waals surface area contributed by atoms with Crippen molar-refractivity contribution < 1.29 is 9.13 Å². The van der Waals surface area contributed by atoms with Gasteiger partial charge in [0.2, 0.25) is 0 Å². The van der Waals surface area contributed by atoms with Gasteiger partial charge in [-0.3, -0.25) is 4.39 Å². The Morgan fingerprint density at radius 3 is 3.00 bits per heavy atom. The van der Waals surface area contributed by atoms with Gasteiger partial charge in [-0.15, -0.1) is 0 Å². The summed E-state index contributed by atoms with van der Waals surface area (Å²) in [5, 5.41) is 0. The zero-order valence-electron chi connectivity index (χ0n) is 5.61. The molecule has 1 heterocycles. The van der Waals surface area contributed by atoms with Gasteiger partial charge in [0.05, 0.1) is 12.8 Å². The highest BCUT2D eigenvalue weighted by Crippen LogP contribution is 2.16. The Labute approximate surface area is 55.2 Å². The first kappa shape index (κ1) is 7.00. The molecule has 1 saturated heterocycles. The van der Waals surface area contributed by atoms with E-state index in [0.717, 1.165) is 25.9 Å². The second-order valence-corrected chi connectivity index (χ2v) is 2.47. The molecule has 0 aromatic heterocycles. The standard InChI is InChI=1S/C7H13FO/c8-5-1-3-7-4-2-6-9-7/h7H,1-6H2. The largest absolute Gasteiger partial charge is 0.378 e. The molecule has 0 bridgehead atoms. The van der Waals surface area contributed by atoms with Crippen LogP contribution in [-0.4, -0.2) is 19.4 Å². The molecule has 1 fully saturated rings. The molecule has 54 valence electrons. The minimum atomic E-state index is -0.195. The molecule has 2 heteroatoms. The fourth-order valence-electron chi connectivity index (χ4n) is 1.18. The van der Waals surface area contributed by atoms with Gasteiger partial charge in [-0.1, -0.05) is 0 Å². The van der Waals surface area contributed by atoms with Crippen LogP contribution in [0.3, 0.4) is 0 Å². The molecule has 0 spiro atoms. The summed E-state index contributed by atoms with van der Waals surface area (Å²) in [5.74, 6) is 0. The summed E-state index contributed by atoms with van der Waals surface area (Å²) in [6.45, 7) is 0.691. The Kier molecular flexibility index (Phi) is 2.98. The van der Waals surface area contributed by atoms with Crippen LogP contribution in [0.25, 0.3) is 0 Å². The van der Waals surface area contributed by atoms with Crippen LogP contribution in [0.15, 0.2) is 0 Å². The van der Waals surface area contributed by atoms with Crippen molar-refractivity contribution in [3.8, 4) is 0 Å². The Morgan fingerprint density at radius 1 is 1.56 bits per heavy atom. The number of halogens is 1. The van der Waals surface area contributed by atoms with E-state index in [-0.39, 0.29) is 6.67 Å². The summed E-state index contributed by atoms with van der Waals surface area (Å²) in [7, 11) is 0. The van der Waals surface area contributed by atoms with E-state index in [9.17, 15) is 4.39 Å². The predicted octanol–water partition coefficient (Wildman–Crippen LogP) is 1.92. The molecule has 1 rings (SSSR count). The normalized spacial score (nSPS) is 27.0. The highest BCUT2D eigenvalue weighted by Gasteiger charge is 2.13. The van der Waals surface area contributed by atoms with Gasteiger partial charge in [0.1, 0.15) is 0 Å². The molecule has 1 atom stereocenters. The number of alkyl halides is 1. The van der Waals surface area contributed by atoms with Crippen LogP contribution in [0, 0.1) is 0 Å². The third-order valence-electron chi connectivity index (χ3n) is 1.68. The molecule has 0 N–H and O–H groups in total. The van der Waals surface area contributed by atoms with Gasteiger partial charge in [0.15, 0.2) is 0 Å². The van der Waals surface area contributed by atoms with Crippen molar-refractivity contribution in [2.45, 2.75) is 31.8 Å². The summed E-state index contributed by atoms with van der Waals surface area (Å²) in [6.07, 6.45) is 4.26. The maximum absolute atomic E-state index is 11.6. The number of hydrogen-bond donors (Lipinski definition) is 0. The average molecular weight is 132 g/mol. The van der Waals surface area contributed by atoms with E-state index in [2.05, 4.69) is 0 Å². The van der Waals surface area contributed by atoms with Crippen molar-refractivity contribution in [3.05, 3.63) is 0 Å². The zero-order valence-corrected chi connectivity index (χ0v) is 5.61. The molecule has 0 saturated carbocycles. The number of ether oxygens (including phenoxy) is 1. The number of rotatable bonds is 3. The lowest BCUT2D eigenvalue weighted by atomic mass is 10.1. The molecule has 0 amide bonds. The lowest BCUT2D eigenvalue weighted by molar-refractivity contribution is 0.101. The summed E-state index contributed by atoms with van der Waals surface area (Å²) >= 11 is 0. The zero-order chi connectivity index (χ0) is 6.53. The first-order valence-corrected chi connectivity index (χ1v) is 3.61. The highest BCUT2D eigenvalue weighted by atomic mass is 19.1. The van der Waals surface area contributed by atoms with Crippen LogP contribution in [0.4, 0.5) is 4.39 Å². The summed E-state index contributed by atoms with van der Waals surface area (Å²) in [6, 6.07) is 0. The Morgan fingerprint density at radius 2 is 2.44 bits per heavy atom. The predicted molar refractivity (Wildman–Crippen MR) is 34.2 cm³/mol. The molecule has 1 aliphatic heterocycles. The molecule has 1 aliphatic rings. The molecule has 0 aliphatic carbocycles. The van der Waals surface area contributed by atoms with Gasteiger partial charge in [-0.25, -0.2) is 0 Å². The molecule has 1 unspecified atom stereocenters. The molecule has 0 aromatic rings. The van der Waals surface area contributed by atoms with E-state index in [1.807, 2.05) is 0 Å². The molecular formula is C7H13FO. The van der Waals surface area contributed by atoms with E-state index >= 15 is 0 Å². The molecular weight excluding hydrogens is 119 g/mol. The van der Waals surface area contributed by atoms with E-state index in [1.165, 1.54) is 0 Å². The van der Waals surface area contributed by atoms with Gasteiger partial charge in [0.25, 0.3) is 0 Å². The van der Waals surface area contributed by atoms with Gasteiger partial charge in [-0.05, 0) is 25.7 Å². The van der Waals surface area contributed by atoms with Crippen molar-refractivity contribution in [3.63, 3.8) is 0 Å². The second-order valence-electron chi connectivity index (χ2n) is 2.47. The maximum Gasteiger partial charge on any atom is 0.0895 e. The van der Waals surface area contributed by atoms with Crippen LogP contribution in [-0.2, 0) is 4.74 Å². The van der Waals surface area contributed by atoms with Crippen LogP contribution >= 0.6 is 0 Å². The van der Waals surface area contributed by atoms with Crippen molar-refractivity contribution in [2.24, 2.45) is 0 Å². The van der Waals surface area contributed by atoms with Crippen LogP contribution in [0.5, 0.6) is 0 Å². The van der Waals surface area contributed by atoms with Crippen LogP contribution < -0.4 is 0 Å². The average Bonchev–Trinajstić information content (AvgIpc) is 2.34. The third-order valence-corrected chi connectivity index (χ3v) is 1.68. The smallest absolute Gasteiger partial charge is 0.0895 e. The third kappa shape index (κ3) is 2.31. The van der Waals surface area contributed by atoms with E-state index in [4.69, 9.17) is 4.74 Å². The molecule has 1 nitrogen and oxygen atoms in total. The van der Waals surface area contributed by atoms with Gasteiger partial charge >= 0.3 is 0 Å². The van der Waals surface area contributed by atoms with E-state index in [0.29, 0.717) is 12.5 Å². The monoisotopic (exact) mass is 132 g/mol. The van der Waals surface area contributed by atoms with Gasteiger partial charge in [0, 0.05) is 6.61 Å². The van der Waals surface area contributed by atoms with Crippen molar-refractivity contribution in [1.29, 1.82) is 0 Å². The Hall–Kier alpha value is -0.110. The SMILES string of the molecule is FCCCC1CCCO1. The molecule has 0 radical (unpaired) electrons. The minimum Gasteiger partial charge on any atom is -0.378 e. The second kappa shape index (κ2) is 3.83. The summed E-state index contributed by atoms with van der Waals surface area (Å²) < 4.78 is 16.9. The highest BCUT2D eigenvalue weighted by molar-refractivity contribution is 4.63. The molecule has 9 heavy (non-hydrogen) atoms. The van der Waals surface area contributed by atoms with Crippen molar-refractivity contribution in [1.82, 2.24) is 0 Å². The lowest BCUT2D eigenvalue weighted by Gasteiger charge is -2.05. The Bertz CT molecular complexity index is 69.3. The van der Waals surface area contributed by atoms with Crippen LogP contribution in [0.1, 0.15) is 25.7 Å². The fraction of sp³-hybridized carbons (Fsp3) is 1.00. The van der Waals surface area contributed by atoms with Gasteiger partial charge in [-0.2, -0.15) is 0 Å². The first-order valence-electron chi connectivity index (χ1n) is 3.61. The number of hydrogen-bond acceptors (Lipinski definition) is 1. The fourth-order valence-corrected chi connectivity index (χ4v) is 1.18. The Balaban J connectivity index is 1.98. The quantitative estimate of drug-likeness (QED) is 0.570. The maximum atomic E-state index is 11.6. The van der Waals surface area contributed by atoms with E-state index < -0.39 is 0 Å². The molecule has 0 aromatic carbocycles. The van der Waals surface area contributed by atoms with Gasteiger partial charge < -0.3 is 4.74 Å². The van der Waals surface area contributed by atoms with Crippen LogP contribution in [0.2, 0.25) is 0 Å². The first-order chi connectivity index (χ1) is 4.43. The minimum absolute atomic E-state index is 0.195. The topological polar surface area (TPSA) is 9.23 Å².